The molecule has 1 heterocycles. The number of aliphatic imine (C=N–C) groups is 1. The lowest BCUT2D eigenvalue weighted by molar-refractivity contribution is 0.360. The van der Waals surface area contributed by atoms with E-state index in [1.165, 1.54) is 19.3 Å². The topological polar surface area (TPSA) is 54.2 Å². The van der Waals surface area contributed by atoms with Crippen LogP contribution in [0.25, 0.3) is 0 Å². The zero-order valence-electron chi connectivity index (χ0n) is 14.2. The highest BCUT2D eigenvalue weighted by atomic mass is 15.3. The molecule has 5 nitrogen and oxygen atoms in total. The van der Waals surface area contributed by atoms with Gasteiger partial charge in [0.25, 0.3) is 0 Å². The average Bonchev–Trinajstić information content (AvgIpc) is 2.79. The Morgan fingerprint density at radius 2 is 2.05 bits per heavy atom. The molecule has 1 aromatic rings. The summed E-state index contributed by atoms with van der Waals surface area (Å²) in [6, 6.07) is 2.00. The number of rotatable bonds is 7. The summed E-state index contributed by atoms with van der Waals surface area (Å²) in [5.41, 5.74) is 1.54. The van der Waals surface area contributed by atoms with Crippen molar-refractivity contribution in [3.8, 4) is 0 Å². The molecule has 0 aromatic carbocycles. The minimum Gasteiger partial charge on any atom is -0.357 e. The SMILES string of the molecule is CCNC(=NCc1ccnn1C)NCCCCC(C)(C)C. The van der Waals surface area contributed by atoms with Gasteiger partial charge in [0.15, 0.2) is 5.96 Å². The number of nitrogens with zero attached hydrogens (tertiary/aromatic N) is 3. The van der Waals surface area contributed by atoms with Gasteiger partial charge >= 0.3 is 0 Å². The van der Waals surface area contributed by atoms with Gasteiger partial charge in [-0.25, -0.2) is 4.99 Å². The van der Waals surface area contributed by atoms with Crippen LogP contribution in [-0.2, 0) is 13.6 Å². The summed E-state index contributed by atoms with van der Waals surface area (Å²) in [5, 5.41) is 10.8. The molecule has 5 heteroatoms. The quantitative estimate of drug-likeness (QED) is 0.462. The Balaban J connectivity index is 2.34. The number of nitrogens with one attached hydrogen (secondary N) is 2. The van der Waals surface area contributed by atoms with Gasteiger partial charge in [-0.2, -0.15) is 5.10 Å². The second kappa shape index (κ2) is 8.70. The van der Waals surface area contributed by atoms with Gasteiger partial charge in [0.05, 0.1) is 12.2 Å². The fourth-order valence-corrected chi connectivity index (χ4v) is 2.05. The molecule has 0 aliphatic heterocycles. The number of aryl methyl sites for hydroxylation is 1. The van der Waals surface area contributed by atoms with E-state index in [0.29, 0.717) is 12.0 Å². The highest BCUT2D eigenvalue weighted by Gasteiger charge is 2.08. The van der Waals surface area contributed by atoms with Crippen LogP contribution in [0.2, 0.25) is 0 Å². The van der Waals surface area contributed by atoms with Crippen molar-refractivity contribution < 1.29 is 0 Å². The first-order valence-electron chi connectivity index (χ1n) is 7.91. The van der Waals surface area contributed by atoms with E-state index >= 15 is 0 Å². The van der Waals surface area contributed by atoms with Gasteiger partial charge in [0.2, 0.25) is 0 Å². The summed E-state index contributed by atoms with van der Waals surface area (Å²) in [4.78, 5) is 4.60. The maximum atomic E-state index is 4.60. The fourth-order valence-electron chi connectivity index (χ4n) is 2.05. The maximum Gasteiger partial charge on any atom is 0.191 e. The van der Waals surface area contributed by atoms with Crippen LogP contribution in [0.15, 0.2) is 17.3 Å². The molecule has 1 rings (SSSR count). The number of hydrogen-bond donors (Lipinski definition) is 2. The molecule has 0 aliphatic rings. The van der Waals surface area contributed by atoms with E-state index in [4.69, 9.17) is 0 Å². The molecule has 0 unspecified atom stereocenters. The molecule has 0 atom stereocenters. The summed E-state index contributed by atoms with van der Waals surface area (Å²) in [5.74, 6) is 0.884. The first-order chi connectivity index (χ1) is 9.92. The van der Waals surface area contributed by atoms with Gasteiger partial charge in [-0.05, 0) is 31.2 Å². The molecule has 0 saturated heterocycles. The number of hydrogen-bond acceptors (Lipinski definition) is 2. The first-order valence-corrected chi connectivity index (χ1v) is 7.91. The molecule has 0 amide bonds. The lowest BCUT2D eigenvalue weighted by atomic mass is 9.90. The van der Waals surface area contributed by atoms with E-state index in [1.807, 2.05) is 17.8 Å². The molecule has 0 fully saturated rings. The predicted octanol–water partition coefficient (Wildman–Crippen LogP) is 2.69. The van der Waals surface area contributed by atoms with Gasteiger partial charge in [-0.3, -0.25) is 4.68 Å². The van der Waals surface area contributed by atoms with Gasteiger partial charge in [0.1, 0.15) is 0 Å². The minimum absolute atomic E-state index is 0.429. The van der Waals surface area contributed by atoms with Crippen LogP contribution in [0.1, 0.15) is 52.7 Å². The van der Waals surface area contributed by atoms with Crippen molar-refractivity contribution in [2.75, 3.05) is 13.1 Å². The van der Waals surface area contributed by atoms with E-state index in [2.05, 4.69) is 48.4 Å². The van der Waals surface area contributed by atoms with Crippen LogP contribution in [0.5, 0.6) is 0 Å². The van der Waals surface area contributed by atoms with Crippen molar-refractivity contribution in [3.63, 3.8) is 0 Å². The van der Waals surface area contributed by atoms with Crippen molar-refractivity contribution in [2.24, 2.45) is 17.5 Å². The molecular weight excluding hydrogens is 262 g/mol. The molecule has 0 radical (unpaired) electrons. The number of aromatic nitrogens is 2. The van der Waals surface area contributed by atoms with Gasteiger partial charge in [-0.15, -0.1) is 0 Å². The van der Waals surface area contributed by atoms with Gasteiger partial charge < -0.3 is 10.6 Å². The average molecular weight is 293 g/mol. The van der Waals surface area contributed by atoms with E-state index in [-0.39, 0.29) is 0 Å². The summed E-state index contributed by atoms with van der Waals surface area (Å²) < 4.78 is 1.86. The summed E-state index contributed by atoms with van der Waals surface area (Å²) in [6.45, 7) is 11.4. The van der Waals surface area contributed by atoms with Crippen molar-refractivity contribution in [2.45, 2.75) is 53.5 Å². The van der Waals surface area contributed by atoms with Gasteiger partial charge in [0, 0.05) is 26.3 Å². The Hall–Kier alpha value is -1.52. The van der Waals surface area contributed by atoms with E-state index in [1.54, 1.807) is 6.20 Å². The summed E-state index contributed by atoms with van der Waals surface area (Å²) >= 11 is 0. The maximum absolute atomic E-state index is 4.60. The van der Waals surface area contributed by atoms with Crippen molar-refractivity contribution in [3.05, 3.63) is 18.0 Å². The number of unbranched alkanes of at least 4 members (excludes halogenated alkanes) is 1. The van der Waals surface area contributed by atoms with Gasteiger partial charge in [-0.1, -0.05) is 27.2 Å². The molecule has 120 valence electrons. The highest BCUT2D eigenvalue weighted by Crippen LogP contribution is 2.21. The molecular formula is C16H31N5. The Bertz CT molecular complexity index is 428. The smallest absolute Gasteiger partial charge is 0.191 e. The van der Waals surface area contributed by atoms with Crippen molar-refractivity contribution in [1.29, 1.82) is 0 Å². The zero-order chi connectivity index (χ0) is 15.7. The van der Waals surface area contributed by atoms with Crippen molar-refractivity contribution >= 4 is 5.96 Å². The molecule has 0 bridgehead atoms. The molecule has 1 aromatic heterocycles. The van der Waals surface area contributed by atoms with Crippen LogP contribution in [0.3, 0.4) is 0 Å². The second-order valence-corrected chi connectivity index (χ2v) is 6.59. The molecule has 0 aliphatic carbocycles. The Morgan fingerprint density at radius 3 is 2.62 bits per heavy atom. The third kappa shape index (κ3) is 7.73. The van der Waals surface area contributed by atoms with Crippen LogP contribution < -0.4 is 10.6 Å². The van der Waals surface area contributed by atoms with E-state index in [0.717, 1.165) is 24.7 Å². The molecule has 0 spiro atoms. The third-order valence-corrected chi connectivity index (χ3v) is 3.31. The molecule has 0 saturated carbocycles. The second-order valence-electron chi connectivity index (χ2n) is 6.59. The number of guanidine groups is 1. The van der Waals surface area contributed by atoms with Crippen molar-refractivity contribution in [1.82, 2.24) is 20.4 Å². The minimum atomic E-state index is 0.429. The third-order valence-electron chi connectivity index (χ3n) is 3.31. The van der Waals surface area contributed by atoms with Crippen LogP contribution in [0, 0.1) is 5.41 Å². The summed E-state index contributed by atoms with van der Waals surface area (Å²) in [7, 11) is 1.94. The predicted molar refractivity (Wildman–Crippen MR) is 89.3 cm³/mol. The Morgan fingerprint density at radius 1 is 1.29 bits per heavy atom. The lowest BCUT2D eigenvalue weighted by Gasteiger charge is -2.18. The van der Waals surface area contributed by atoms with Crippen LogP contribution in [0.4, 0.5) is 0 Å². The summed E-state index contributed by atoms with van der Waals surface area (Å²) in [6.07, 6.45) is 5.49. The zero-order valence-corrected chi connectivity index (χ0v) is 14.2. The van der Waals surface area contributed by atoms with Crippen LogP contribution >= 0.6 is 0 Å². The Labute approximate surface area is 129 Å². The normalized spacial score (nSPS) is 12.5. The van der Waals surface area contributed by atoms with E-state index < -0.39 is 0 Å². The standard InChI is InChI=1S/C16H31N5/c1-6-17-15(18-11-8-7-10-16(2,3)4)19-13-14-9-12-20-21(14)5/h9,12H,6-8,10-11,13H2,1-5H3,(H2,17,18,19). The lowest BCUT2D eigenvalue weighted by Crippen LogP contribution is -2.37. The van der Waals surface area contributed by atoms with Crippen LogP contribution in [-0.4, -0.2) is 28.8 Å². The molecule has 2 N–H and O–H groups in total. The monoisotopic (exact) mass is 293 g/mol. The fraction of sp³-hybridized carbons (Fsp3) is 0.750. The Kier molecular flexibility index (Phi) is 7.26. The largest absolute Gasteiger partial charge is 0.357 e. The molecule has 21 heavy (non-hydrogen) atoms. The van der Waals surface area contributed by atoms with E-state index in [9.17, 15) is 0 Å². The first kappa shape index (κ1) is 17.5. The highest BCUT2D eigenvalue weighted by molar-refractivity contribution is 5.79.